The summed E-state index contributed by atoms with van der Waals surface area (Å²) in [5.41, 5.74) is 2.89. The van der Waals surface area contributed by atoms with Crippen LogP contribution in [0.15, 0.2) is 6.20 Å². The van der Waals surface area contributed by atoms with Gasteiger partial charge in [0, 0.05) is 37.3 Å². The lowest BCUT2D eigenvalue weighted by atomic mass is 10.0. The molecule has 17 heavy (non-hydrogen) atoms. The van der Waals surface area contributed by atoms with Crippen molar-refractivity contribution in [1.82, 2.24) is 20.0 Å². The van der Waals surface area contributed by atoms with Crippen molar-refractivity contribution in [2.45, 2.75) is 38.8 Å². The van der Waals surface area contributed by atoms with Gasteiger partial charge in [0.2, 0.25) is 0 Å². The maximum absolute atomic E-state index is 4.64. The SMILES string of the molecule is CCN1CCCC(n2ncc3c2CCNC3)C1. The lowest BCUT2D eigenvalue weighted by Crippen LogP contribution is -2.37. The average Bonchev–Trinajstić information content (AvgIpc) is 2.82. The topological polar surface area (TPSA) is 33.1 Å². The molecular formula is C13H22N4. The maximum Gasteiger partial charge on any atom is 0.0649 e. The zero-order valence-corrected chi connectivity index (χ0v) is 10.7. The lowest BCUT2D eigenvalue weighted by Gasteiger charge is -2.33. The van der Waals surface area contributed by atoms with Crippen molar-refractivity contribution < 1.29 is 0 Å². The van der Waals surface area contributed by atoms with Crippen molar-refractivity contribution in [2.75, 3.05) is 26.2 Å². The molecule has 2 aliphatic rings. The fraction of sp³-hybridized carbons (Fsp3) is 0.769. The molecule has 4 nitrogen and oxygen atoms in total. The van der Waals surface area contributed by atoms with Crippen LogP contribution in [0.5, 0.6) is 0 Å². The van der Waals surface area contributed by atoms with E-state index >= 15 is 0 Å². The molecule has 0 aromatic carbocycles. The Hall–Kier alpha value is -0.870. The van der Waals surface area contributed by atoms with Gasteiger partial charge in [0.1, 0.15) is 0 Å². The fourth-order valence-corrected chi connectivity index (χ4v) is 3.11. The minimum absolute atomic E-state index is 0.602. The molecule has 1 N–H and O–H groups in total. The van der Waals surface area contributed by atoms with Crippen LogP contribution in [0.1, 0.15) is 37.1 Å². The number of aromatic nitrogens is 2. The maximum atomic E-state index is 4.64. The second-order valence-electron chi connectivity index (χ2n) is 5.18. The van der Waals surface area contributed by atoms with Crippen LogP contribution < -0.4 is 5.32 Å². The molecule has 1 fully saturated rings. The Kier molecular flexibility index (Phi) is 3.16. The Balaban J connectivity index is 1.81. The summed E-state index contributed by atoms with van der Waals surface area (Å²) in [7, 11) is 0. The lowest BCUT2D eigenvalue weighted by molar-refractivity contribution is 0.175. The van der Waals surface area contributed by atoms with Gasteiger partial charge in [-0.25, -0.2) is 0 Å². The van der Waals surface area contributed by atoms with Gasteiger partial charge in [-0.05, 0) is 25.9 Å². The third-order valence-electron chi connectivity index (χ3n) is 4.11. The van der Waals surface area contributed by atoms with E-state index in [1.807, 2.05) is 0 Å². The summed E-state index contributed by atoms with van der Waals surface area (Å²) in [4.78, 5) is 2.54. The van der Waals surface area contributed by atoms with Crippen LogP contribution in [0, 0.1) is 0 Å². The van der Waals surface area contributed by atoms with Gasteiger partial charge >= 0.3 is 0 Å². The largest absolute Gasteiger partial charge is 0.312 e. The zero-order chi connectivity index (χ0) is 11.7. The molecule has 4 heteroatoms. The number of hydrogen-bond acceptors (Lipinski definition) is 3. The van der Waals surface area contributed by atoms with Gasteiger partial charge in [0.05, 0.1) is 12.2 Å². The Morgan fingerprint density at radius 3 is 3.35 bits per heavy atom. The Morgan fingerprint density at radius 1 is 1.53 bits per heavy atom. The summed E-state index contributed by atoms with van der Waals surface area (Å²) in [6, 6.07) is 0.602. The number of nitrogens with zero attached hydrogens (tertiary/aromatic N) is 3. The zero-order valence-electron chi connectivity index (χ0n) is 10.7. The van der Waals surface area contributed by atoms with Crippen LogP contribution in [0.2, 0.25) is 0 Å². The molecule has 0 saturated carbocycles. The highest BCUT2D eigenvalue weighted by atomic mass is 15.3. The predicted octanol–water partition coefficient (Wildman–Crippen LogP) is 1.19. The number of likely N-dealkylation sites (tertiary alicyclic amines) is 1. The molecular weight excluding hydrogens is 212 g/mol. The molecule has 94 valence electrons. The molecule has 0 spiro atoms. The smallest absolute Gasteiger partial charge is 0.0649 e. The Morgan fingerprint density at radius 2 is 2.47 bits per heavy atom. The fourth-order valence-electron chi connectivity index (χ4n) is 3.11. The van der Waals surface area contributed by atoms with Crippen molar-refractivity contribution in [2.24, 2.45) is 0 Å². The highest BCUT2D eigenvalue weighted by Crippen LogP contribution is 2.25. The van der Waals surface area contributed by atoms with Crippen LogP contribution in [0.3, 0.4) is 0 Å². The summed E-state index contributed by atoms with van der Waals surface area (Å²) in [5, 5.41) is 8.05. The summed E-state index contributed by atoms with van der Waals surface area (Å²) in [6.07, 6.45) is 5.80. The van der Waals surface area contributed by atoms with Crippen LogP contribution >= 0.6 is 0 Å². The molecule has 1 atom stereocenters. The molecule has 1 unspecified atom stereocenters. The molecule has 3 rings (SSSR count). The Labute approximate surface area is 103 Å². The second-order valence-corrected chi connectivity index (χ2v) is 5.18. The first-order chi connectivity index (χ1) is 8.38. The minimum atomic E-state index is 0.602. The van der Waals surface area contributed by atoms with Crippen molar-refractivity contribution in [1.29, 1.82) is 0 Å². The molecule has 0 radical (unpaired) electrons. The molecule has 2 aliphatic heterocycles. The van der Waals surface area contributed by atoms with E-state index in [1.54, 1.807) is 0 Å². The summed E-state index contributed by atoms with van der Waals surface area (Å²) in [6.45, 7) is 7.96. The monoisotopic (exact) mass is 234 g/mol. The van der Waals surface area contributed by atoms with E-state index in [0.29, 0.717) is 6.04 Å². The van der Waals surface area contributed by atoms with Crippen molar-refractivity contribution in [3.05, 3.63) is 17.5 Å². The normalized spacial score (nSPS) is 25.8. The van der Waals surface area contributed by atoms with E-state index in [-0.39, 0.29) is 0 Å². The Bertz CT molecular complexity index is 385. The number of piperidine rings is 1. The van der Waals surface area contributed by atoms with E-state index in [0.717, 1.165) is 19.5 Å². The van der Waals surface area contributed by atoms with Crippen molar-refractivity contribution >= 4 is 0 Å². The summed E-state index contributed by atoms with van der Waals surface area (Å²) in [5.74, 6) is 0. The number of fused-ring (bicyclic) bond motifs is 1. The predicted molar refractivity (Wildman–Crippen MR) is 68.0 cm³/mol. The van der Waals surface area contributed by atoms with E-state index in [1.165, 1.54) is 43.7 Å². The summed E-state index contributed by atoms with van der Waals surface area (Å²) >= 11 is 0. The highest BCUT2D eigenvalue weighted by Gasteiger charge is 2.24. The van der Waals surface area contributed by atoms with Crippen molar-refractivity contribution in [3.8, 4) is 0 Å². The quantitative estimate of drug-likeness (QED) is 0.834. The first kappa shape index (κ1) is 11.2. The van der Waals surface area contributed by atoms with E-state index in [9.17, 15) is 0 Å². The number of likely N-dealkylation sites (N-methyl/N-ethyl adjacent to an activating group) is 1. The highest BCUT2D eigenvalue weighted by molar-refractivity contribution is 5.21. The van der Waals surface area contributed by atoms with Crippen LogP contribution in [0.25, 0.3) is 0 Å². The number of rotatable bonds is 2. The minimum Gasteiger partial charge on any atom is -0.312 e. The third-order valence-corrected chi connectivity index (χ3v) is 4.11. The van der Waals surface area contributed by atoms with Gasteiger partial charge in [-0.2, -0.15) is 5.10 Å². The molecule has 0 aliphatic carbocycles. The van der Waals surface area contributed by atoms with Gasteiger partial charge in [-0.1, -0.05) is 6.92 Å². The van der Waals surface area contributed by atoms with Gasteiger partial charge in [-0.15, -0.1) is 0 Å². The van der Waals surface area contributed by atoms with Crippen LogP contribution in [0.4, 0.5) is 0 Å². The molecule has 0 bridgehead atoms. The van der Waals surface area contributed by atoms with Gasteiger partial charge < -0.3 is 10.2 Å². The van der Waals surface area contributed by atoms with E-state index in [4.69, 9.17) is 0 Å². The van der Waals surface area contributed by atoms with E-state index in [2.05, 4.69) is 33.1 Å². The molecule has 1 aromatic heterocycles. The molecule has 1 aromatic rings. The first-order valence-electron chi connectivity index (χ1n) is 6.87. The number of nitrogens with one attached hydrogen (secondary N) is 1. The third kappa shape index (κ3) is 2.11. The summed E-state index contributed by atoms with van der Waals surface area (Å²) < 4.78 is 2.32. The van der Waals surface area contributed by atoms with Crippen LogP contribution in [-0.2, 0) is 13.0 Å². The van der Waals surface area contributed by atoms with Crippen molar-refractivity contribution in [3.63, 3.8) is 0 Å². The average molecular weight is 234 g/mol. The second kappa shape index (κ2) is 4.78. The first-order valence-corrected chi connectivity index (χ1v) is 6.87. The molecule has 0 amide bonds. The van der Waals surface area contributed by atoms with Gasteiger partial charge in [0.15, 0.2) is 0 Å². The van der Waals surface area contributed by atoms with E-state index < -0.39 is 0 Å². The standard InChI is InChI=1S/C13H22N4/c1-2-16-7-3-4-12(10-16)17-13-5-6-14-8-11(13)9-15-17/h9,12,14H,2-8,10H2,1H3. The molecule has 3 heterocycles. The van der Waals surface area contributed by atoms with Crippen LogP contribution in [-0.4, -0.2) is 40.9 Å². The molecule has 1 saturated heterocycles. The van der Waals surface area contributed by atoms with Gasteiger partial charge in [0.25, 0.3) is 0 Å². The van der Waals surface area contributed by atoms with Gasteiger partial charge in [-0.3, -0.25) is 4.68 Å². The number of hydrogen-bond donors (Lipinski definition) is 1.